The van der Waals surface area contributed by atoms with Crippen molar-refractivity contribution in [1.29, 1.82) is 0 Å². The molecule has 0 aromatic heterocycles. The molecule has 0 amide bonds. The van der Waals surface area contributed by atoms with Crippen LogP contribution in [0.25, 0.3) is 0 Å². The first-order valence-electron chi connectivity index (χ1n) is 9.75. The molecule has 1 N–H and O–H groups in total. The van der Waals surface area contributed by atoms with E-state index in [0.29, 0.717) is 12.2 Å². The molecule has 2 aromatic rings. The Hall–Kier alpha value is -2.00. The Balaban J connectivity index is 1.56. The molecule has 0 aliphatic rings. The van der Waals surface area contributed by atoms with Gasteiger partial charge in [-0.2, -0.15) is 0 Å². The number of rotatable bonds is 12. The summed E-state index contributed by atoms with van der Waals surface area (Å²) in [5.41, 5.74) is 2.46. The molecule has 4 heteroatoms. The van der Waals surface area contributed by atoms with Gasteiger partial charge in [-0.1, -0.05) is 67.1 Å². The van der Waals surface area contributed by atoms with Crippen LogP contribution in [0.4, 0.5) is 0 Å². The standard InChI is InChI=1S/C23H29ClO3/c1-18-10-16-21(17-11-18)27-22(23(25)26)9-7-5-3-2-4-6-8-19-12-14-20(24)15-13-19/h10-17,22H,2-9H2,1H3,(H,25,26). The zero-order valence-corrected chi connectivity index (χ0v) is 16.8. The second-order valence-corrected chi connectivity index (χ2v) is 7.48. The number of carbonyl (C=O) groups is 1. The van der Waals surface area contributed by atoms with Gasteiger partial charge in [-0.25, -0.2) is 4.79 Å². The smallest absolute Gasteiger partial charge is 0.344 e. The van der Waals surface area contributed by atoms with Gasteiger partial charge in [-0.15, -0.1) is 0 Å². The molecule has 0 fully saturated rings. The van der Waals surface area contributed by atoms with Crippen LogP contribution < -0.4 is 4.74 Å². The Morgan fingerprint density at radius 2 is 1.52 bits per heavy atom. The number of ether oxygens (including phenoxy) is 1. The van der Waals surface area contributed by atoms with Gasteiger partial charge in [0.2, 0.25) is 0 Å². The lowest BCUT2D eigenvalue weighted by molar-refractivity contribution is -0.145. The van der Waals surface area contributed by atoms with Crippen molar-refractivity contribution in [1.82, 2.24) is 0 Å². The lowest BCUT2D eigenvalue weighted by Gasteiger charge is -2.15. The van der Waals surface area contributed by atoms with Gasteiger partial charge in [-0.05, 0) is 62.4 Å². The topological polar surface area (TPSA) is 46.5 Å². The molecular formula is C23H29ClO3. The first-order valence-corrected chi connectivity index (χ1v) is 10.1. The van der Waals surface area contributed by atoms with Crippen molar-refractivity contribution in [3.8, 4) is 5.75 Å². The highest BCUT2D eigenvalue weighted by molar-refractivity contribution is 6.30. The third-order valence-corrected chi connectivity index (χ3v) is 4.92. The molecule has 0 saturated heterocycles. The number of hydrogen-bond donors (Lipinski definition) is 1. The van der Waals surface area contributed by atoms with Crippen molar-refractivity contribution < 1.29 is 14.6 Å². The highest BCUT2D eigenvalue weighted by atomic mass is 35.5. The fourth-order valence-corrected chi connectivity index (χ4v) is 3.16. The number of hydrogen-bond acceptors (Lipinski definition) is 2. The maximum atomic E-state index is 11.4. The van der Waals surface area contributed by atoms with Crippen LogP contribution >= 0.6 is 11.6 Å². The number of aryl methyl sites for hydroxylation is 2. The minimum absolute atomic E-state index is 0.550. The van der Waals surface area contributed by atoms with Gasteiger partial charge < -0.3 is 9.84 Å². The van der Waals surface area contributed by atoms with E-state index in [0.717, 1.165) is 36.3 Å². The number of unbranched alkanes of at least 4 members (excludes halogenated alkanes) is 5. The summed E-state index contributed by atoms with van der Waals surface area (Å²) in [7, 11) is 0. The lowest BCUT2D eigenvalue weighted by Crippen LogP contribution is -2.26. The van der Waals surface area contributed by atoms with Gasteiger partial charge in [0.1, 0.15) is 5.75 Å². The monoisotopic (exact) mass is 388 g/mol. The summed E-state index contributed by atoms with van der Waals surface area (Å²) in [6.07, 6.45) is 7.48. The van der Waals surface area contributed by atoms with Crippen molar-refractivity contribution in [3.05, 3.63) is 64.7 Å². The van der Waals surface area contributed by atoms with E-state index in [-0.39, 0.29) is 0 Å². The first kappa shape index (κ1) is 21.3. The molecule has 2 rings (SSSR count). The maximum Gasteiger partial charge on any atom is 0.344 e. The minimum Gasteiger partial charge on any atom is -0.479 e. The average Bonchev–Trinajstić information content (AvgIpc) is 2.65. The molecule has 0 heterocycles. The highest BCUT2D eigenvalue weighted by Gasteiger charge is 2.18. The van der Waals surface area contributed by atoms with E-state index < -0.39 is 12.1 Å². The zero-order valence-electron chi connectivity index (χ0n) is 16.0. The van der Waals surface area contributed by atoms with Gasteiger partial charge in [0, 0.05) is 5.02 Å². The maximum absolute atomic E-state index is 11.4. The van der Waals surface area contributed by atoms with Crippen LogP contribution in [0.1, 0.15) is 56.1 Å². The van der Waals surface area contributed by atoms with E-state index in [9.17, 15) is 9.90 Å². The molecule has 0 aliphatic heterocycles. The zero-order chi connectivity index (χ0) is 19.5. The number of carboxylic acids is 1. The van der Waals surface area contributed by atoms with Gasteiger partial charge in [0.05, 0.1) is 0 Å². The van der Waals surface area contributed by atoms with Crippen LogP contribution in [0.2, 0.25) is 5.02 Å². The van der Waals surface area contributed by atoms with E-state index in [4.69, 9.17) is 16.3 Å². The predicted molar refractivity (Wildman–Crippen MR) is 111 cm³/mol. The van der Waals surface area contributed by atoms with E-state index in [1.165, 1.54) is 24.8 Å². The normalized spacial score (nSPS) is 11.9. The van der Waals surface area contributed by atoms with Crippen LogP contribution in [-0.2, 0) is 11.2 Å². The fraction of sp³-hybridized carbons (Fsp3) is 0.435. The average molecular weight is 389 g/mol. The van der Waals surface area contributed by atoms with Crippen LogP contribution in [0.3, 0.4) is 0 Å². The molecule has 0 spiro atoms. The number of halogens is 1. The van der Waals surface area contributed by atoms with Crippen molar-refractivity contribution in [2.75, 3.05) is 0 Å². The summed E-state index contributed by atoms with van der Waals surface area (Å²) in [5.74, 6) is -0.270. The van der Waals surface area contributed by atoms with Crippen LogP contribution in [0.15, 0.2) is 48.5 Å². The van der Waals surface area contributed by atoms with Gasteiger partial charge in [-0.3, -0.25) is 0 Å². The van der Waals surface area contributed by atoms with E-state index >= 15 is 0 Å². The molecule has 0 bridgehead atoms. The number of carboxylic acid groups (broad SMARTS) is 1. The molecule has 1 atom stereocenters. The SMILES string of the molecule is Cc1ccc(OC(CCCCCCCCc2ccc(Cl)cc2)C(=O)O)cc1. The molecular weight excluding hydrogens is 360 g/mol. The summed E-state index contributed by atoms with van der Waals surface area (Å²) < 4.78 is 5.62. The van der Waals surface area contributed by atoms with Crippen molar-refractivity contribution in [2.24, 2.45) is 0 Å². The number of aliphatic carboxylic acids is 1. The Labute approximate surface area is 167 Å². The highest BCUT2D eigenvalue weighted by Crippen LogP contribution is 2.18. The third kappa shape index (κ3) is 8.49. The fourth-order valence-electron chi connectivity index (χ4n) is 3.03. The molecule has 3 nitrogen and oxygen atoms in total. The second-order valence-electron chi connectivity index (χ2n) is 7.04. The second kappa shape index (κ2) is 11.7. The molecule has 0 saturated carbocycles. The van der Waals surface area contributed by atoms with Crippen LogP contribution in [0, 0.1) is 6.92 Å². The summed E-state index contributed by atoms with van der Waals surface area (Å²) >= 11 is 5.89. The minimum atomic E-state index is -0.890. The first-order chi connectivity index (χ1) is 13.0. The van der Waals surface area contributed by atoms with E-state index in [1.54, 1.807) is 0 Å². The Bertz CT molecular complexity index is 680. The Morgan fingerprint density at radius 1 is 0.926 bits per heavy atom. The molecule has 27 heavy (non-hydrogen) atoms. The van der Waals surface area contributed by atoms with E-state index in [1.807, 2.05) is 43.3 Å². The molecule has 1 unspecified atom stereocenters. The predicted octanol–water partition coefficient (Wildman–Crippen LogP) is 6.45. The van der Waals surface area contributed by atoms with Gasteiger partial charge in [0.15, 0.2) is 6.10 Å². The van der Waals surface area contributed by atoms with Crippen LogP contribution in [0.5, 0.6) is 5.75 Å². The Kier molecular flexibility index (Phi) is 9.20. The quantitative estimate of drug-likeness (QED) is 0.425. The van der Waals surface area contributed by atoms with Crippen LogP contribution in [-0.4, -0.2) is 17.2 Å². The van der Waals surface area contributed by atoms with Gasteiger partial charge >= 0.3 is 5.97 Å². The molecule has 2 aromatic carbocycles. The molecule has 146 valence electrons. The van der Waals surface area contributed by atoms with Crippen molar-refractivity contribution in [2.45, 2.75) is 64.4 Å². The summed E-state index contributed by atoms with van der Waals surface area (Å²) in [6.45, 7) is 1.99. The number of benzene rings is 2. The van der Waals surface area contributed by atoms with Crippen molar-refractivity contribution >= 4 is 17.6 Å². The third-order valence-electron chi connectivity index (χ3n) is 4.67. The molecule has 0 aliphatic carbocycles. The van der Waals surface area contributed by atoms with Crippen molar-refractivity contribution in [3.63, 3.8) is 0 Å². The Morgan fingerprint density at radius 3 is 2.15 bits per heavy atom. The van der Waals surface area contributed by atoms with E-state index in [2.05, 4.69) is 12.1 Å². The molecule has 0 radical (unpaired) electrons. The summed E-state index contributed by atoms with van der Waals surface area (Å²) in [5, 5.41) is 10.1. The van der Waals surface area contributed by atoms with Gasteiger partial charge in [0.25, 0.3) is 0 Å². The summed E-state index contributed by atoms with van der Waals surface area (Å²) in [6, 6.07) is 15.6. The largest absolute Gasteiger partial charge is 0.479 e. The lowest BCUT2D eigenvalue weighted by atomic mass is 10.0. The summed E-state index contributed by atoms with van der Waals surface area (Å²) in [4.78, 5) is 11.4.